The molecule has 0 saturated carbocycles. The number of carbonyl (C=O) groups is 1. The van der Waals surface area contributed by atoms with Gasteiger partial charge in [0.25, 0.3) is 0 Å². The van der Waals surface area contributed by atoms with Crippen LogP contribution in [0.3, 0.4) is 0 Å². The Bertz CT molecular complexity index is 878. The average molecular weight is 824 g/mol. The smallest absolute Gasteiger partial charge is 0.225 e. The molecule has 9 heteroatoms. The molecule has 0 aliphatic heterocycles. The van der Waals surface area contributed by atoms with E-state index in [2.05, 4.69) is 58.6 Å². The Balaban J connectivity index is -0.000000323. The largest absolute Gasteiger partial charge is 0.388 e. The van der Waals surface area contributed by atoms with Crippen molar-refractivity contribution in [3.05, 3.63) is 0 Å². The maximum absolute atomic E-state index is 11.5. The van der Waals surface area contributed by atoms with Gasteiger partial charge in [-0.05, 0) is 158 Å². The number of aliphatic hydroxyl groups is 1. The van der Waals surface area contributed by atoms with E-state index in [0.29, 0.717) is 50.4 Å². The van der Waals surface area contributed by atoms with Crippen LogP contribution >= 0.6 is 11.8 Å². The van der Waals surface area contributed by atoms with Gasteiger partial charge in [0.15, 0.2) is 0 Å². The Morgan fingerprint density at radius 3 is 1.05 bits per heavy atom. The van der Waals surface area contributed by atoms with E-state index in [1.165, 1.54) is 37.2 Å². The summed E-state index contributed by atoms with van der Waals surface area (Å²) in [6, 6.07) is 0. The molecule has 0 fully saturated rings. The summed E-state index contributed by atoms with van der Waals surface area (Å²) in [5.41, 5.74) is 0.130. The number of carbonyl (C=O) groups excluding carboxylic acids is 1. The molecule has 0 aromatic rings. The summed E-state index contributed by atoms with van der Waals surface area (Å²) in [5.74, 6) is 2.79. The van der Waals surface area contributed by atoms with Crippen LogP contribution < -0.4 is 5.32 Å². The Hall–Kier alpha value is -0.420. The van der Waals surface area contributed by atoms with E-state index in [1.807, 2.05) is 125 Å². The standard InChI is InChI=1S/C14H30S.C12H25NO2.C11H24O3.C10H22O2/c1-13(2,3)9-7-11-15-12-8-10-14(4,5)6;1-11(2,3)10(14)13-8-7-9-15-12(4,5)6;1-10(2,3)13-7-9(12)8-14-11(4,5)6;1-9(2,3)11-7-8-12-10(4,5)6/h7-12H2,1-6H3;7-9H2,1-6H3,(H,13,14);9,12H,7-8H2,1-6H3;7-8H2,1-6H3. The fourth-order valence-electron chi connectivity index (χ4n) is 3.86. The molecule has 0 aromatic heterocycles. The highest BCUT2D eigenvalue weighted by molar-refractivity contribution is 7.99. The maximum atomic E-state index is 11.5. The Morgan fingerprint density at radius 2 is 0.786 bits per heavy atom. The molecular formula is C47H101NO7S. The van der Waals surface area contributed by atoms with Crippen molar-refractivity contribution in [1.29, 1.82) is 0 Å². The van der Waals surface area contributed by atoms with Gasteiger partial charge in [-0.2, -0.15) is 11.8 Å². The van der Waals surface area contributed by atoms with Crippen molar-refractivity contribution in [3.8, 4) is 0 Å². The van der Waals surface area contributed by atoms with Crippen molar-refractivity contribution in [1.82, 2.24) is 5.32 Å². The summed E-state index contributed by atoms with van der Waals surface area (Å²) in [7, 11) is 0. The second-order valence-electron chi connectivity index (χ2n) is 23.2. The molecule has 56 heavy (non-hydrogen) atoms. The fourth-order valence-corrected chi connectivity index (χ4v) is 4.77. The third-order valence-corrected chi connectivity index (χ3v) is 7.98. The molecular weight excluding hydrogens is 723 g/mol. The van der Waals surface area contributed by atoms with Crippen LogP contribution in [0.4, 0.5) is 0 Å². The summed E-state index contributed by atoms with van der Waals surface area (Å²) < 4.78 is 27.4. The number of aliphatic hydroxyl groups excluding tert-OH is 1. The lowest BCUT2D eigenvalue weighted by Crippen LogP contribution is -2.35. The molecule has 0 atom stereocenters. The molecule has 0 radical (unpaired) electrons. The van der Waals surface area contributed by atoms with Gasteiger partial charge in [0.1, 0.15) is 6.10 Å². The molecule has 0 saturated heterocycles. The van der Waals surface area contributed by atoms with Crippen LogP contribution in [0.25, 0.3) is 0 Å². The molecule has 1 amide bonds. The topological polar surface area (TPSA) is 95.5 Å². The van der Waals surface area contributed by atoms with Crippen LogP contribution in [0.5, 0.6) is 0 Å². The SMILES string of the molecule is CC(C)(C)CCCSCCCC(C)(C)C.CC(C)(C)OCC(O)COC(C)(C)C.CC(C)(C)OCCCNC(=O)C(C)(C)C.CC(C)(C)OCCOC(C)(C)C. The second kappa shape index (κ2) is 28.9. The van der Waals surface area contributed by atoms with Crippen LogP contribution in [0, 0.1) is 16.2 Å². The lowest BCUT2D eigenvalue weighted by molar-refractivity contribution is -0.128. The molecule has 0 aliphatic carbocycles. The third kappa shape index (κ3) is 65.4. The zero-order valence-electron chi connectivity index (χ0n) is 42.1. The number of thioether (sulfide) groups is 1. The Labute approximate surface area is 355 Å². The molecule has 0 aliphatic rings. The molecule has 0 heterocycles. The van der Waals surface area contributed by atoms with Gasteiger partial charge in [0, 0.05) is 18.6 Å². The minimum atomic E-state index is -0.548. The van der Waals surface area contributed by atoms with Crippen molar-refractivity contribution in [3.63, 3.8) is 0 Å². The summed E-state index contributed by atoms with van der Waals surface area (Å²) in [5, 5.41) is 12.4. The van der Waals surface area contributed by atoms with E-state index in [-0.39, 0.29) is 39.3 Å². The minimum Gasteiger partial charge on any atom is -0.388 e. The van der Waals surface area contributed by atoms with E-state index in [4.69, 9.17) is 23.7 Å². The molecule has 0 spiro atoms. The van der Waals surface area contributed by atoms with Crippen molar-refractivity contribution in [2.45, 2.75) is 232 Å². The van der Waals surface area contributed by atoms with Crippen LogP contribution in [-0.2, 0) is 28.5 Å². The quantitative estimate of drug-likeness (QED) is 0.140. The van der Waals surface area contributed by atoms with Gasteiger partial charge in [-0.15, -0.1) is 0 Å². The summed E-state index contributed by atoms with van der Waals surface area (Å²) >= 11 is 2.13. The van der Waals surface area contributed by atoms with Gasteiger partial charge in [-0.3, -0.25) is 4.79 Å². The molecule has 0 rings (SSSR count). The predicted octanol–water partition coefficient (Wildman–Crippen LogP) is 12.3. The van der Waals surface area contributed by atoms with Crippen LogP contribution in [-0.4, -0.2) is 96.2 Å². The van der Waals surface area contributed by atoms with Crippen molar-refractivity contribution < 1.29 is 33.6 Å². The first-order valence-electron chi connectivity index (χ1n) is 21.4. The number of nitrogens with one attached hydrogen (secondary N) is 1. The van der Waals surface area contributed by atoms with Gasteiger partial charge in [-0.25, -0.2) is 0 Å². The highest BCUT2D eigenvalue weighted by Gasteiger charge is 2.21. The van der Waals surface area contributed by atoms with Crippen molar-refractivity contribution in [2.75, 3.05) is 51.1 Å². The Morgan fingerprint density at radius 1 is 0.482 bits per heavy atom. The van der Waals surface area contributed by atoms with E-state index in [1.54, 1.807) is 0 Å². The second-order valence-corrected chi connectivity index (χ2v) is 24.4. The molecule has 0 bridgehead atoms. The first-order chi connectivity index (χ1) is 24.6. The monoisotopic (exact) mass is 824 g/mol. The van der Waals surface area contributed by atoms with Crippen LogP contribution in [0.1, 0.15) is 198 Å². The van der Waals surface area contributed by atoms with E-state index < -0.39 is 6.10 Å². The summed E-state index contributed by atoms with van der Waals surface area (Å²) in [6.07, 6.45) is 5.79. The van der Waals surface area contributed by atoms with Gasteiger partial charge in [0.05, 0.1) is 54.4 Å². The van der Waals surface area contributed by atoms with E-state index in [9.17, 15) is 9.90 Å². The first-order valence-corrected chi connectivity index (χ1v) is 22.5. The van der Waals surface area contributed by atoms with Crippen molar-refractivity contribution in [2.24, 2.45) is 16.2 Å². The lowest BCUT2D eigenvalue weighted by Gasteiger charge is -2.25. The fraction of sp³-hybridized carbons (Fsp3) is 0.979. The minimum absolute atomic E-state index is 0.0543. The van der Waals surface area contributed by atoms with Crippen LogP contribution in [0.15, 0.2) is 0 Å². The van der Waals surface area contributed by atoms with Gasteiger partial charge in [0.2, 0.25) is 5.91 Å². The molecule has 8 nitrogen and oxygen atoms in total. The Kier molecular flexibility index (Phi) is 32.2. The lowest BCUT2D eigenvalue weighted by atomic mass is 9.91. The normalized spacial score (nSPS) is 13.2. The summed E-state index contributed by atoms with van der Waals surface area (Å²) in [4.78, 5) is 11.5. The maximum Gasteiger partial charge on any atom is 0.225 e. The highest BCUT2D eigenvalue weighted by Crippen LogP contribution is 2.24. The number of amides is 1. The predicted molar refractivity (Wildman–Crippen MR) is 246 cm³/mol. The zero-order valence-corrected chi connectivity index (χ0v) is 42.9. The number of hydrogen-bond donors (Lipinski definition) is 2. The van der Waals surface area contributed by atoms with Gasteiger partial charge < -0.3 is 34.1 Å². The summed E-state index contributed by atoms with van der Waals surface area (Å²) in [6.45, 7) is 53.2. The first kappa shape index (κ1) is 62.2. The van der Waals surface area contributed by atoms with Gasteiger partial charge in [-0.1, -0.05) is 62.3 Å². The van der Waals surface area contributed by atoms with Gasteiger partial charge >= 0.3 is 0 Å². The number of hydrogen-bond acceptors (Lipinski definition) is 8. The number of ether oxygens (including phenoxy) is 5. The molecule has 0 aromatic carbocycles. The molecule has 2 N–H and O–H groups in total. The number of rotatable bonds is 17. The average Bonchev–Trinajstić information content (AvgIpc) is 2.93. The third-order valence-electron chi connectivity index (χ3n) is 6.82. The highest BCUT2D eigenvalue weighted by atomic mass is 32.2. The van der Waals surface area contributed by atoms with Crippen LogP contribution in [0.2, 0.25) is 0 Å². The van der Waals surface area contributed by atoms with E-state index in [0.717, 1.165) is 6.42 Å². The molecule has 342 valence electrons. The zero-order chi connectivity index (χ0) is 45.3. The van der Waals surface area contributed by atoms with Crippen molar-refractivity contribution >= 4 is 17.7 Å². The molecule has 0 unspecified atom stereocenters. The van der Waals surface area contributed by atoms with E-state index >= 15 is 0 Å².